The molecule has 0 radical (unpaired) electrons. The number of carbonyl (C=O) groups excluding carboxylic acids is 2. The summed E-state index contributed by atoms with van der Waals surface area (Å²) in [5.74, 6) is -3.26. The van der Waals surface area contributed by atoms with Crippen molar-refractivity contribution in [1.82, 2.24) is 9.80 Å². The molecule has 3 aliphatic heterocycles. The van der Waals surface area contributed by atoms with Crippen molar-refractivity contribution < 1.29 is 24.6 Å². The van der Waals surface area contributed by atoms with Crippen LogP contribution < -0.4 is 0 Å². The van der Waals surface area contributed by atoms with Gasteiger partial charge in [0.05, 0.1) is 29.2 Å². The summed E-state index contributed by atoms with van der Waals surface area (Å²) in [6.07, 6.45) is 2.88. The molecule has 184 valence electrons. The summed E-state index contributed by atoms with van der Waals surface area (Å²) >= 11 is 1.50. The average molecular weight is 487 g/mol. The van der Waals surface area contributed by atoms with E-state index in [1.165, 1.54) is 16.7 Å². The minimum absolute atomic E-state index is 0.222. The molecular formula is C26H34N2O5S. The van der Waals surface area contributed by atoms with Gasteiger partial charge in [-0.15, -0.1) is 18.3 Å². The molecule has 1 spiro atoms. The summed E-state index contributed by atoms with van der Waals surface area (Å²) in [5, 5.41) is 20.6. The second-order valence-corrected chi connectivity index (χ2v) is 12.7. The number of hydrogen-bond donors (Lipinski definition) is 2. The van der Waals surface area contributed by atoms with E-state index in [0.29, 0.717) is 19.4 Å². The summed E-state index contributed by atoms with van der Waals surface area (Å²) in [5.41, 5.74) is 0.185. The van der Waals surface area contributed by atoms with E-state index in [0.717, 1.165) is 5.56 Å². The fourth-order valence-corrected chi connectivity index (χ4v) is 8.69. The molecule has 8 heteroatoms. The molecule has 2 bridgehead atoms. The molecule has 3 fully saturated rings. The fraction of sp³-hybridized carbons (Fsp3) is 0.577. The van der Waals surface area contributed by atoms with Gasteiger partial charge in [-0.05, 0) is 46.1 Å². The van der Waals surface area contributed by atoms with Crippen LogP contribution >= 0.6 is 11.8 Å². The number of likely N-dealkylation sites (tertiary alicyclic amines) is 1. The van der Waals surface area contributed by atoms with Crippen molar-refractivity contribution in [2.45, 2.75) is 67.7 Å². The molecule has 3 saturated heterocycles. The summed E-state index contributed by atoms with van der Waals surface area (Å²) in [4.78, 5) is 44.1. The van der Waals surface area contributed by atoms with Crippen LogP contribution in [0.4, 0.5) is 0 Å². The number of carboxylic acids is 1. The van der Waals surface area contributed by atoms with Crippen LogP contribution in [0.3, 0.4) is 0 Å². The van der Waals surface area contributed by atoms with Crippen molar-refractivity contribution in [2.75, 3.05) is 13.2 Å². The predicted molar refractivity (Wildman–Crippen MR) is 131 cm³/mol. The number of carboxylic acid groups (broad SMARTS) is 1. The molecule has 34 heavy (non-hydrogen) atoms. The zero-order chi connectivity index (χ0) is 25.1. The van der Waals surface area contributed by atoms with Gasteiger partial charge in [0.1, 0.15) is 6.04 Å². The number of amides is 2. The summed E-state index contributed by atoms with van der Waals surface area (Å²) in [7, 11) is 0. The molecular weight excluding hydrogens is 452 g/mol. The van der Waals surface area contributed by atoms with Gasteiger partial charge in [-0.1, -0.05) is 36.4 Å². The van der Waals surface area contributed by atoms with Gasteiger partial charge in [0.25, 0.3) is 0 Å². The average Bonchev–Trinajstić information content (AvgIpc) is 3.33. The van der Waals surface area contributed by atoms with Gasteiger partial charge in [-0.25, -0.2) is 0 Å². The molecule has 7 nitrogen and oxygen atoms in total. The second kappa shape index (κ2) is 8.41. The minimum atomic E-state index is -0.998. The van der Waals surface area contributed by atoms with Crippen molar-refractivity contribution in [3.63, 3.8) is 0 Å². The Hall–Kier alpha value is -2.32. The van der Waals surface area contributed by atoms with Crippen LogP contribution in [0.1, 0.15) is 52.1 Å². The maximum atomic E-state index is 14.3. The lowest BCUT2D eigenvalue weighted by Crippen LogP contribution is -2.59. The van der Waals surface area contributed by atoms with Gasteiger partial charge < -0.3 is 20.0 Å². The van der Waals surface area contributed by atoms with E-state index < -0.39 is 44.9 Å². The Labute approximate surface area is 205 Å². The van der Waals surface area contributed by atoms with Gasteiger partial charge in [0.15, 0.2) is 0 Å². The Morgan fingerprint density at radius 2 is 1.94 bits per heavy atom. The molecule has 0 aromatic heterocycles. The Morgan fingerprint density at radius 3 is 2.47 bits per heavy atom. The van der Waals surface area contributed by atoms with Crippen molar-refractivity contribution in [3.8, 4) is 0 Å². The first kappa shape index (κ1) is 24.8. The van der Waals surface area contributed by atoms with Crippen molar-refractivity contribution in [1.29, 1.82) is 0 Å². The maximum Gasteiger partial charge on any atom is 0.308 e. The Bertz CT molecular complexity index is 1010. The SMILES string of the molecule is C=CCN(C(=O)C1N([C@H](CO)c2ccccc2)C(=O)[C@@H]2[C@H](C(=O)O)[C@]3(C)CCC12S3)C(C)(C)C. The lowest BCUT2D eigenvalue weighted by molar-refractivity contribution is -0.151. The zero-order valence-electron chi connectivity index (χ0n) is 20.2. The highest BCUT2D eigenvalue weighted by Gasteiger charge is 2.78. The van der Waals surface area contributed by atoms with Crippen LogP contribution in [-0.4, -0.2) is 72.0 Å². The Balaban J connectivity index is 1.90. The fourth-order valence-electron chi connectivity index (χ4n) is 6.36. The van der Waals surface area contributed by atoms with Crippen molar-refractivity contribution >= 4 is 29.5 Å². The topological polar surface area (TPSA) is 98.2 Å². The van der Waals surface area contributed by atoms with E-state index >= 15 is 0 Å². The third-order valence-corrected chi connectivity index (χ3v) is 9.78. The van der Waals surface area contributed by atoms with E-state index in [1.54, 1.807) is 11.0 Å². The molecule has 1 aromatic carbocycles. The summed E-state index contributed by atoms with van der Waals surface area (Å²) in [6, 6.07) is 7.54. The van der Waals surface area contributed by atoms with E-state index in [2.05, 4.69) is 6.58 Å². The number of thioether (sulfide) groups is 1. The monoisotopic (exact) mass is 486 g/mol. The number of nitrogens with zero attached hydrogens (tertiary/aromatic N) is 2. The van der Waals surface area contributed by atoms with Crippen LogP contribution in [0.5, 0.6) is 0 Å². The number of hydrogen-bond acceptors (Lipinski definition) is 5. The van der Waals surface area contributed by atoms with Gasteiger partial charge in [0, 0.05) is 16.8 Å². The molecule has 2 N–H and O–H groups in total. The van der Waals surface area contributed by atoms with Crippen LogP contribution in [-0.2, 0) is 14.4 Å². The number of aliphatic hydroxyl groups is 1. The predicted octanol–water partition coefficient (Wildman–Crippen LogP) is 3.10. The minimum Gasteiger partial charge on any atom is -0.481 e. The van der Waals surface area contributed by atoms with Crippen LogP contribution in [0.2, 0.25) is 0 Å². The third-order valence-electron chi connectivity index (χ3n) is 7.80. The third kappa shape index (κ3) is 3.49. The first-order valence-electron chi connectivity index (χ1n) is 11.8. The van der Waals surface area contributed by atoms with Gasteiger partial charge in [0.2, 0.25) is 11.8 Å². The quantitative estimate of drug-likeness (QED) is 0.575. The van der Waals surface area contributed by atoms with Gasteiger partial charge in [-0.3, -0.25) is 14.4 Å². The number of aliphatic carboxylic acids is 1. The Kier molecular flexibility index (Phi) is 6.13. The lowest BCUT2D eigenvalue weighted by Gasteiger charge is -2.43. The summed E-state index contributed by atoms with van der Waals surface area (Å²) in [6.45, 7) is 11.5. The van der Waals surface area contributed by atoms with Crippen molar-refractivity contribution in [2.24, 2.45) is 11.8 Å². The molecule has 3 heterocycles. The van der Waals surface area contributed by atoms with Gasteiger partial charge in [-0.2, -0.15) is 0 Å². The van der Waals surface area contributed by atoms with Crippen LogP contribution in [0.15, 0.2) is 43.0 Å². The number of carbonyl (C=O) groups is 3. The van der Waals surface area contributed by atoms with E-state index in [-0.39, 0.29) is 18.4 Å². The van der Waals surface area contributed by atoms with E-state index in [9.17, 15) is 24.6 Å². The molecule has 0 aliphatic carbocycles. The lowest BCUT2D eigenvalue weighted by atomic mass is 9.66. The molecule has 2 amide bonds. The molecule has 0 saturated carbocycles. The Morgan fingerprint density at radius 1 is 1.29 bits per heavy atom. The molecule has 2 unspecified atom stereocenters. The van der Waals surface area contributed by atoms with E-state index in [4.69, 9.17) is 0 Å². The summed E-state index contributed by atoms with van der Waals surface area (Å²) < 4.78 is -1.46. The highest BCUT2D eigenvalue weighted by Crippen LogP contribution is 2.72. The molecule has 1 aromatic rings. The number of benzene rings is 1. The van der Waals surface area contributed by atoms with Crippen LogP contribution in [0.25, 0.3) is 0 Å². The highest BCUT2D eigenvalue weighted by molar-refractivity contribution is 8.02. The number of fused-ring (bicyclic) bond motifs is 1. The van der Waals surface area contributed by atoms with E-state index in [1.807, 2.05) is 58.0 Å². The second-order valence-electron chi connectivity index (χ2n) is 10.8. The highest BCUT2D eigenvalue weighted by atomic mass is 32.2. The number of aliphatic hydroxyl groups excluding tert-OH is 1. The first-order chi connectivity index (χ1) is 15.9. The molecule has 3 aliphatic rings. The van der Waals surface area contributed by atoms with Gasteiger partial charge >= 0.3 is 5.97 Å². The largest absolute Gasteiger partial charge is 0.481 e. The van der Waals surface area contributed by atoms with Crippen molar-refractivity contribution in [3.05, 3.63) is 48.6 Å². The van der Waals surface area contributed by atoms with Crippen LogP contribution in [0, 0.1) is 11.8 Å². The first-order valence-corrected chi connectivity index (χ1v) is 12.6. The molecule has 4 rings (SSSR count). The zero-order valence-corrected chi connectivity index (χ0v) is 21.0. The number of rotatable bonds is 7. The standard InChI is InChI=1S/C26H34N2O5S/c1-6-14-27(24(2,3)4)22(31)20-26-13-12-25(5,34-26)19(23(32)33)18(26)21(30)28(20)17(15-29)16-10-8-7-9-11-16/h6-11,17-20,29H,1,12-15H2,2-5H3,(H,32,33)/t17-,18+,19-,20?,25+,26?/m1/s1. The normalized spacial score (nSPS) is 33.0. The molecule has 6 atom stereocenters. The maximum absolute atomic E-state index is 14.3. The smallest absolute Gasteiger partial charge is 0.308 e.